The number of halogens is 1. The van der Waals surface area contributed by atoms with Crippen LogP contribution in [0, 0.1) is 19.7 Å². The third kappa shape index (κ3) is 4.33. The quantitative estimate of drug-likeness (QED) is 0.516. The van der Waals surface area contributed by atoms with Crippen molar-refractivity contribution in [2.24, 2.45) is 0 Å². The van der Waals surface area contributed by atoms with E-state index < -0.39 is 15.7 Å². The highest BCUT2D eigenvalue weighted by Crippen LogP contribution is 2.36. The number of carbonyl (C=O) groups is 1. The second-order valence-corrected chi connectivity index (χ2v) is 9.05. The summed E-state index contributed by atoms with van der Waals surface area (Å²) in [6, 6.07) is 8.20. The number of hydrogen-bond donors (Lipinski definition) is 1. The number of anilines is 1. The lowest BCUT2D eigenvalue weighted by Crippen LogP contribution is -2.18. The van der Waals surface area contributed by atoms with Gasteiger partial charge in [-0.3, -0.25) is 4.79 Å². The number of amides is 1. The van der Waals surface area contributed by atoms with Crippen LogP contribution < -0.4 is 5.32 Å². The molecule has 0 radical (unpaired) electrons. The Morgan fingerprint density at radius 2 is 1.87 bits per heavy atom. The normalized spacial score (nSPS) is 11.6. The van der Waals surface area contributed by atoms with Gasteiger partial charge in [0.2, 0.25) is 15.7 Å². The number of nitrogens with one attached hydrogen (secondary N) is 1. The molecule has 0 aliphatic heterocycles. The summed E-state index contributed by atoms with van der Waals surface area (Å²) in [5, 5.41) is 2.80. The molecule has 0 bridgehead atoms. The van der Waals surface area contributed by atoms with Crippen molar-refractivity contribution in [2.75, 3.05) is 5.32 Å². The lowest BCUT2D eigenvalue weighted by atomic mass is 10.2. The molecular weight excluding hydrogens is 407 g/mol. The van der Waals surface area contributed by atoms with Gasteiger partial charge in [0.15, 0.2) is 0 Å². The van der Waals surface area contributed by atoms with E-state index in [1.807, 2.05) is 6.92 Å². The first-order chi connectivity index (χ1) is 14.3. The molecule has 0 unspecified atom stereocenters. The number of unbranched alkanes of at least 4 members (excludes halogenated alkanes) is 1. The number of carbonyl (C=O) groups excluding carboxylic acids is 1. The molecule has 0 aliphatic rings. The summed E-state index contributed by atoms with van der Waals surface area (Å²) < 4.78 is 47.4. The van der Waals surface area contributed by atoms with Crippen LogP contribution in [0.3, 0.4) is 0 Å². The molecule has 6 nitrogen and oxygen atoms in total. The fourth-order valence-electron chi connectivity index (χ4n) is 3.31. The number of furan rings is 1. The maximum atomic E-state index is 13.4. The third-order valence-electron chi connectivity index (χ3n) is 5.08. The molecule has 0 atom stereocenters. The lowest BCUT2D eigenvalue weighted by Gasteiger charge is -2.14. The van der Waals surface area contributed by atoms with Crippen molar-refractivity contribution in [3.05, 3.63) is 65.5 Å². The van der Waals surface area contributed by atoms with E-state index in [-0.39, 0.29) is 34.5 Å². The Kier molecular flexibility index (Phi) is 6.45. The van der Waals surface area contributed by atoms with E-state index in [2.05, 4.69) is 5.32 Å². The van der Waals surface area contributed by atoms with Crippen LogP contribution in [-0.4, -0.2) is 18.9 Å². The Morgan fingerprint density at radius 3 is 2.47 bits per heavy atom. The van der Waals surface area contributed by atoms with Crippen LogP contribution in [0.15, 0.2) is 56.9 Å². The van der Waals surface area contributed by atoms with Crippen LogP contribution in [0.4, 0.5) is 10.2 Å². The minimum Gasteiger partial charge on any atom is -0.467 e. The molecule has 2 aromatic heterocycles. The van der Waals surface area contributed by atoms with Gasteiger partial charge < -0.3 is 14.3 Å². The van der Waals surface area contributed by atoms with Crippen molar-refractivity contribution in [2.45, 2.75) is 56.4 Å². The van der Waals surface area contributed by atoms with Crippen LogP contribution in [0.25, 0.3) is 0 Å². The molecule has 1 amide bonds. The highest BCUT2D eigenvalue weighted by molar-refractivity contribution is 7.91. The summed E-state index contributed by atoms with van der Waals surface area (Å²) in [6.45, 7) is 5.74. The molecular formula is C22H25FN2O4S. The van der Waals surface area contributed by atoms with Gasteiger partial charge in [-0.15, -0.1) is 0 Å². The SMILES string of the molecule is CCCCC(=O)Nc1c(S(=O)(=O)c2ccc(F)cc2)c(C)c(C)n1Cc1ccco1. The van der Waals surface area contributed by atoms with Crippen LogP contribution >= 0.6 is 0 Å². The molecule has 3 rings (SSSR count). The van der Waals surface area contributed by atoms with E-state index in [0.29, 0.717) is 23.4 Å². The smallest absolute Gasteiger partial charge is 0.225 e. The molecule has 3 aromatic rings. The second kappa shape index (κ2) is 8.87. The number of nitrogens with zero attached hydrogens (tertiary/aromatic N) is 1. The number of hydrogen-bond acceptors (Lipinski definition) is 4. The largest absolute Gasteiger partial charge is 0.467 e. The third-order valence-corrected chi connectivity index (χ3v) is 7.00. The highest BCUT2D eigenvalue weighted by atomic mass is 32.2. The van der Waals surface area contributed by atoms with Crippen molar-refractivity contribution < 1.29 is 22.0 Å². The molecule has 0 fully saturated rings. The van der Waals surface area contributed by atoms with Crippen molar-refractivity contribution in [3.63, 3.8) is 0 Å². The maximum absolute atomic E-state index is 13.4. The fourth-order valence-corrected chi connectivity index (χ4v) is 5.00. The Balaban J connectivity index is 2.15. The number of benzene rings is 1. The first kappa shape index (κ1) is 21.8. The summed E-state index contributed by atoms with van der Waals surface area (Å²) in [5.41, 5.74) is 1.22. The first-order valence-electron chi connectivity index (χ1n) is 9.78. The molecule has 8 heteroatoms. The molecule has 0 aliphatic carbocycles. The van der Waals surface area contributed by atoms with Crippen LogP contribution in [-0.2, 0) is 21.2 Å². The van der Waals surface area contributed by atoms with Gasteiger partial charge in [0.05, 0.1) is 17.7 Å². The van der Waals surface area contributed by atoms with Crippen molar-refractivity contribution in [1.82, 2.24) is 4.57 Å². The standard InChI is InChI=1S/C22H25FN2O4S/c1-4-5-8-20(26)24-22-21(30(27,28)19-11-9-17(23)10-12-19)15(2)16(3)25(22)14-18-7-6-13-29-18/h6-7,9-13H,4-5,8,14H2,1-3H3,(H,24,26). The van der Waals surface area contributed by atoms with E-state index in [0.717, 1.165) is 18.6 Å². The van der Waals surface area contributed by atoms with E-state index in [4.69, 9.17) is 4.42 Å². The van der Waals surface area contributed by atoms with E-state index in [9.17, 15) is 17.6 Å². The molecule has 30 heavy (non-hydrogen) atoms. The van der Waals surface area contributed by atoms with Gasteiger partial charge in [-0.2, -0.15) is 0 Å². The van der Waals surface area contributed by atoms with Crippen molar-refractivity contribution in [1.29, 1.82) is 0 Å². The van der Waals surface area contributed by atoms with Gasteiger partial charge in [0.25, 0.3) is 0 Å². The van der Waals surface area contributed by atoms with Crippen LogP contribution in [0.2, 0.25) is 0 Å². The summed E-state index contributed by atoms with van der Waals surface area (Å²) in [4.78, 5) is 12.5. The zero-order chi connectivity index (χ0) is 21.9. The first-order valence-corrected chi connectivity index (χ1v) is 11.3. The zero-order valence-electron chi connectivity index (χ0n) is 17.2. The van der Waals surface area contributed by atoms with Gasteiger partial charge in [0, 0.05) is 12.1 Å². The molecule has 0 spiro atoms. The van der Waals surface area contributed by atoms with Gasteiger partial charge in [-0.25, -0.2) is 12.8 Å². The van der Waals surface area contributed by atoms with Crippen LogP contribution in [0.1, 0.15) is 43.2 Å². The highest BCUT2D eigenvalue weighted by Gasteiger charge is 2.30. The molecule has 1 N–H and O–H groups in total. The predicted octanol–water partition coefficient (Wildman–Crippen LogP) is 4.85. The van der Waals surface area contributed by atoms with Gasteiger partial charge in [-0.1, -0.05) is 13.3 Å². The summed E-state index contributed by atoms with van der Waals surface area (Å²) in [6.07, 6.45) is 3.37. The monoisotopic (exact) mass is 432 g/mol. The van der Waals surface area contributed by atoms with Crippen molar-refractivity contribution in [3.8, 4) is 0 Å². The minimum atomic E-state index is -4.00. The molecule has 2 heterocycles. The lowest BCUT2D eigenvalue weighted by molar-refractivity contribution is -0.116. The number of rotatable bonds is 8. The average Bonchev–Trinajstić information content (AvgIpc) is 3.30. The molecule has 0 saturated heterocycles. The van der Waals surface area contributed by atoms with Gasteiger partial charge in [-0.05, 0) is 62.2 Å². The Labute approximate surface area is 175 Å². The maximum Gasteiger partial charge on any atom is 0.225 e. The summed E-state index contributed by atoms with van der Waals surface area (Å²) in [5.74, 6) is 0.0469. The Bertz CT molecular complexity index is 1130. The predicted molar refractivity (Wildman–Crippen MR) is 112 cm³/mol. The van der Waals surface area contributed by atoms with E-state index >= 15 is 0 Å². The van der Waals surface area contributed by atoms with E-state index in [1.54, 1.807) is 30.5 Å². The van der Waals surface area contributed by atoms with Crippen molar-refractivity contribution >= 4 is 21.6 Å². The molecule has 160 valence electrons. The summed E-state index contributed by atoms with van der Waals surface area (Å²) >= 11 is 0. The number of sulfone groups is 1. The molecule has 0 saturated carbocycles. The van der Waals surface area contributed by atoms with Gasteiger partial charge >= 0.3 is 0 Å². The molecule has 1 aromatic carbocycles. The average molecular weight is 433 g/mol. The number of aromatic nitrogens is 1. The second-order valence-electron chi connectivity index (χ2n) is 7.16. The minimum absolute atomic E-state index is 0.0167. The fraction of sp³-hybridized carbons (Fsp3) is 0.318. The van der Waals surface area contributed by atoms with E-state index in [1.165, 1.54) is 18.4 Å². The zero-order valence-corrected chi connectivity index (χ0v) is 18.1. The summed E-state index contributed by atoms with van der Waals surface area (Å²) in [7, 11) is -4.00. The van der Waals surface area contributed by atoms with Gasteiger partial charge in [0.1, 0.15) is 22.3 Å². The Morgan fingerprint density at radius 1 is 1.17 bits per heavy atom. The van der Waals surface area contributed by atoms with Crippen LogP contribution in [0.5, 0.6) is 0 Å². The topological polar surface area (TPSA) is 81.3 Å². The Hall–Kier alpha value is -2.87.